The molecule has 27 heavy (non-hydrogen) atoms. The Labute approximate surface area is 156 Å². The molecule has 1 aliphatic heterocycles. The summed E-state index contributed by atoms with van der Waals surface area (Å²) in [6.07, 6.45) is 3.07. The monoisotopic (exact) mass is 366 g/mol. The standard InChI is InChI=1S/C20H22N4O3/c1-11-8-15(13(3)26-11)17-9-16(18-12(2)24-27-20(18)23-17)19(25)22-10-14-4-6-21-7-5-14/h4,8-9,21H,5-7,10H2,1-3H3,(H,22,25). The van der Waals surface area contributed by atoms with E-state index in [4.69, 9.17) is 8.94 Å². The highest BCUT2D eigenvalue weighted by atomic mass is 16.5. The summed E-state index contributed by atoms with van der Waals surface area (Å²) in [7, 11) is 0. The maximum Gasteiger partial charge on any atom is 0.259 e. The van der Waals surface area contributed by atoms with Gasteiger partial charge in [0.15, 0.2) is 0 Å². The summed E-state index contributed by atoms with van der Waals surface area (Å²) in [4.78, 5) is 17.5. The highest BCUT2D eigenvalue weighted by molar-refractivity contribution is 6.07. The van der Waals surface area contributed by atoms with Gasteiger partial charge in [-0.2, -0.15) is 0 Å². The third-order valence-corrected chi connectivity index (χ3v) is 4.81. The maximum atomic E-state index is 13.0. The molecule has 0 spiro atoms. The molecule has 2 N–H and O–H groups in total. The summed E-state index contributed by atoms with van der Waals surface area (Å²) < 4.78 is 11.0. The van der Waals surface area contributed by atoms with Crippen LogP contribution in [-0.4, -0.2) is 35.7 Å². The minimum Gasteiger partial charge on any atom is -0.466 e. The number of furan rings is 1. The summed E-state index contributed by atoms with van der Waals surface area (Å²) >= 11 is 0. The van der Waals surface area contributed by atoms with Crippen LogP contribution in [0.5, 0.6) is 0 Å². The van der Waals surface area contributed by atoms with Crippen molar-refractivity contribution in [3.05, 3.63) is 46.6 Å². The molecule has 0 aromatic carbocycles. The Hall–Kier alpha value is -2.93. The highest BCUT2D eigenvalue weighted by Gasteiger charge is 2.21. The molecule has 0 bridgehead atoms. The molecule has 7 nitrogen and oxygen atoms in total. The van der Waals surface area contributed by atoms with Crippen LogP contribution in [0.1, 0.15) is 34.0 Å². The van der Waals surface area contributed by atoms with Crippen molar-refractivity contribution in [2.24, 2.45) is 0 Å². The van der Waals surface area contributed by atoms with E-state index in [0.717, 1.165) is 36.6 Å². The van der Waals surface area contributed by atoms with E-state index < -0.39 is 0 Å². The molecule has 0 saturated carbocycles. The van der Waals surface area contributed by atoms with Crippen LogP contribution in [0.3, 0.4) is 0 Å². The Kier molecular flexibility index (Phi) is 4.53. The average molecular weight is 366 g/mol. The van der Waals surface area contributed by atoms with Crippen LogP contribution >= 0.6 is 0 Å². The molecule has 0 aliphatic carbocycles. The van der Waals surface area contributed by atoms with Crippen LogP contribution in [0.2, 0.25) is 0 Å². The van der Waals surface area contributed by atoms with Crippen LogP contribution in [0.4, 0.5) is 0 Å². The molecule has 0 fully saturated rings. The van der Waals surface area contributed by atoms with Crippen molar-refractivity contribution in [3.63, 3.8) is 0 Å². The Bertz CT molecular complexity index is 1050. The second kappa shape index (κ2) is 7.00. The van der Waals surface area contributed by atoms with Gasteiger partial charge in [0.2, 0.25) is 0 Å². The number of nitrogens with zero attached hydrogens (tertiary/aromatic N) is 2. The van der Waals surface area contributed by atoms with E-state index >= 15 is 0 Å². The lowest BCUT2D eigenvalue weighted by molar-refractivity contribution is 0.0958. The molecular weight excluding hydrogens is 344 g/mol. The van der Waals surface area contributed by atoms with Gasteiger partial charge in [0.1, 0.15) is 11.5 Å². The van der Waals surface area contributed by atoms with Gasteiger partial charge in [-0.3, -0.25) is 4.79 Å². The molecule has 3 aromatic rings. The SMILES string of the molecule is Cc1cc(-c2cc(C(=O)NCC3=CCNCC3)c3c(C)noc3n2)c(C)o1. The van der Waals surface area contributed by atoms with Gasteiger partial charge in [0.25, 0.3) is 11.6 Å². The first-order chi connectivity index (χ1) is 13.0. The van der Waals surface area contributed by atoms with Crippen LogP contribution in [-0.2, 0) is 0 Å². The van der Waals surface area contributed by atoms with Gasteiger partial charge in [-0.1, -0.05) is 16.8 Å². The molecule has 1 amide bonds. The second-order valence-electron chi connectivity index (χ2n) is 6.83. The van der Waals surface area contributed by atoms with E-state index in [1.165, 1.54) is 5.57 Å². The quantitative estimate of drug-likeness (QED) is 0.690. The predicted octanol–water partition coefficient (Wildman–Crippen LogP) is 3.06. The minimum absolute atomic E-state index is 0.160. The summed E-state index contributed by atoms with van der Waals surface area (Å²) in [5.74, 6) is 1.39. The number of carbonyl (C=O) groups is 1. The molecule has 140 valence electrons. The molecule has 0 unspecified atom stereocenters. The van der Waals surface area contributed by atoms with Crippen molar-refractivity contribution in [3.8, 4) is 11.3 Å². The number of rotatable bonds is 4. The summed E-state index contributed by atoms with van der Waals surface area (Å²) in [6, 6.07) is 3.70. The molecule has 1 aliphatic rings. The fraction of sp³-hybridized carbons (Fsp3) is 0.350. The first-order valence-corrected chi connectivity index (χ1v) is 9.04. The van der Waals surface area contributed by atoms with Crippen molar-refractivity contribution >= 4 is 17.0 Å². The van der Waals surface area contributed by atoms with Crippen molar-refractivity contribution in [1.29, 1.82) is 0 Å². The van der Waals surface area contributed by atoms with Crippen LogP contribution < -0.4 is 10.6 Å². The molecule has 0 atom stereocenters. The topological polar surface area (TPSA) is 93.2 Å². The lowest BCUT2D eigenvalue weighted by atomic mass is 10.0. The second-order valence-corrected chi connectivity index (χ2v) is 6.83. The number of hydrogen-bond donors (Lipinski definition) is 2. The molecule has 4 heterocycles. The van der Waals surface area contributed by atoms with Gasteiger partial charge in [-0.15, -0.1) is 0 Å². The van der Waals surface area contributed by atoms with Crippen molar-refractivity contribution < 1.29 is 13.7 Å². The number of aryl methyl sites for hydroxylation is 3. The number of nitrogens with one attached hydrogen (secondary N) is 2. The summed E-state index contributed by atoms with van der Waals surface area (Å²) in [6.45, 7) is 7.89. The number of aromatic nitrogens is 2. The first-order valence-electron chi connectivity index (χ1n) is 9.04. The van der Waals surface area contributed by atoms with Gasteiger partial charge in [0.05, 0.1) is 22.3 Å². The van der Waals surface area contributed by atoms with E-state index in [-0.39, 0.29) is 5.91 Å². The Morgan fingerprint density at radius 3 is 2.85 bits per heavy atom. The molecular formula is C20H22N4O3. The fourth-order valence-electron chi connectivity index (χ4n) is 3.42. The van der Waals surface area contributed by atoms with E-state index in [1.54, 1.807) is 6.07 Å². The van der Waals surface area contributed by atoms with E-state index in [1.807, 2.05) is 26.8 Å². The number of carbonyl (C=O) groups excluding carboxylic acids is 1. The van der Waals surface area contributed by atoms with Gasteiger partial charge in [0, 0.05) is 18.7 Å². The molecule has 0 saturated heterocycles. The molecule has 7 heteroatoms. The smallest absolute Gasteiger partial charge is 0.259 e. The van der Waals surface area contributed by atoms with Gasteiger partial charge < -0.3 is 19.6 Å². The van der Waals surface area contributed by atoms with E-state index in [2.05, 4.69) is 26.9 Å². The third kappa shape index (κ3) is 3.38. The van der Waals surface area contributed by atoms with Gasteiger partial charge in [-0.25, -0.2) is 4.98 Å². The number of amides is 1. The number of hydrogen-bond acceptors (Lipinski definition) is 6. The Morgan fingerprint density at radius 2 is 2.15 bits per heavy atom. The number of pyridine rings is 1. The number of fused-ring (bicyclic) bond motifs is 1. The Morgan fingerprint density at radius 1 is 1.30 bits per heavy atom. The summed E-state index contributed by atoms with van der Waals surface area (Å²) in [5, 5.41) is 10.9. The van der Waals surface area contributed by atoms with Crippen molar-refractivity contribution in [1.82, 2.24) is 20.8 Å². The zero-order chi connectivity index (χ0) is 19.0. The molecule has 0 radical (unpaired) electrons. The largest absolute Gasteiger partial charge is 0.466 e. The molecule has 4 rings (SSSR count). The molecule has 3 aromatic heterocycles. The van der Waals surface area contributed by atoms with E-state index in [0.29, 0.717) is 34.6 Å². The zero-order valence-electron chi connectivity index (χ0n) is 15.7. The van der Waals surface area contributed by atoms with Gasteiger partial charge >= 0.3 is 0 Å². The van der Waals surface area contributed by atoms with Crippen LogP contribution in [0, 0.1) is 20.8 Å². The summed E-state index contributed by atoms with van der Waals surface area (Å²) in [5.41, 5.74) is 4.24. The first kappa shape index (κ1) is 17.5. The normalized spacial score (nSPS) is 14.4. The Balaban J connectivity index is 1.71. The highest BCUT2D eigenvalue weighted by Crippen LogP contribution is 2.30. The zero-order valence-corrected chi connectivity index (χ0v) is 15.7. The average Bonchev–Trinajstić information content (AvgIpc) is 3.21. The third-order valence-electron chi connectivity index (χ3n) is 4.81. The predicted molar refractivity (Wildman–Crippen MR) is 102 cm³/mol. The van der Waals surface area contributed by atoms with Crippen molar-refractivity contribution in [2.45, 2.75) is 27.2 Å². The van der Waals surface area contributed by atoms with Crippen molar-refractivity contribution in [2.75, 3.05) is 19.6 Å². The van der Waals surface area contributed by atoms with E-state index in [9.17, 15) is 4.79 Å². The lowest BCUT2D eigenvalue weighted by Gasteiger charge is -2.15. The van der Waals surface area contributed by atoms with Gasteiger partial charge in [-0.05, 0) is 45.9 Å². The maximum absolute atomic E-state index is 13.0. The lowest BCUT2D eigenvalue weighted by Crippen LogP contribution is -2.29. The minimum atomic E-state index is -0.160. The van der Waals surface area contributed by atoms with Crippen LogP contribution in [0.15, 0.2) is 32.7 Å². The fourth-order valence-corrected chi connectivity index (χ4v) is 3.42. The van der Waals surface area contributed by atoms with Crippen LogP contribution in [0.25, 0.3) is 22.4 Å².